The fourth-order valence-electron chi connectivity index (χ4n) is 3.23. The lowest BCUT2D eigenvalue weighted by molar-refractivity contribution is 0.737. The highest BCUT2D eigenvalue weighted by Crippen LogP contribution is 2.68. The zero-order valence-corrected chi connectivity index (χ0v) is 16.5. The summed E-state index contributed by atoms with van der Waals surface area (Å²) >= 11 is 15.6. The third kappa shape index (κ3) is 1.37. The van der Waals surface area contributed by atoms with Gasteiger partial charge < -0.3 is 0 Å². The van der Waals surface area contributed by atoms with Gasteiger partial charge >= 0.3 is 0 Å². The highest BCUT2D eigenvalue weighted by molar-refractivity contribution is 9.16. The van der Waals surface area contributed by atoms with Crippen LogP contribution in [0.2, 0.25) is 0 Å². The van der Waals surface area contributed by atoms with Crippen molar-refractivity contribution in [2.75, 3.05) is 0 Å². The maximum Gasteiger partial charge on any atom is 0.108 e. The Hall–Kier alpha value is 0.1000. The molecule has 3 aliphatic rings. The smallest absolute Gasteiger partial charge is 0.0689 e. The Balaban J connectivity index is 2.25. The van der Waals surface area contributed by atoms with Crippen LogP contribution in [0.3, 0.4) is 0 Å². The molecule has 0 aliphatic heterocycles. The molecule has 2 aromatic rings. The minimum Gasteiger partial charge on any atom is -0.0689 e. The first-order chi connectivity index (χ1) is 9.52. The predicted molar refractivity (Wildman–Crippen MR) is 97.2 cm³/mol. The van der Waals surface area contributed by atoms with Gasteiger partial charge in [-0.3, -0.25) is 0 Å². The zero-order valence-electron chi connectivity index (χ0n) is 10.1. The van der Waals surface area contributed by atoms with Crippen molar-refractivity contribution in [1.82, 2.24) is 0 Å². The molecule has 2 bridgehead atoms. The van der Waals surface area contributed by atoms with E-state index in [1.165, 1.54) is 22.3 Å². The summed E-state index contributed by atoms with van der Waals surface area (Å²) in [5, 5.41) is 0. The largest absolute Gasteiger partial charge is 0.108 e. The van der Waals surface area contributed by atoms with E-state index in [-0.39, 0.29) is 8.65 Å². The third-order valence-electron chi connectivity index (χ3n) is 4.14. The van der Waals surface area contributed by atoms with Crippen LogP contribution in [0.25, 0.3) is 0 Å². The fraction of sp³-hybridized carbons (Fsp3) is 0.125. The van der Waals surface area contributed by atoms with Gasteiger partial charge in [-0.1, -0.05) is 112 Å². The molecule has 5 rings (SSSR count). The van der Waals surface area contributed by atoms with E-state index in [1.807, 2.05) is 0 Å². The van der Waals surface area contributed by atoms with Crippen LogP contribution in [0.15, 0.2) is 57.5 Å². The van der Waals surface area contributed by atoms with Crippen molar-refractivity contribution < 1.29 is 0 Å². The molecule has 0 saturated heterocycles. The van der Waals surface area contributed by atoms with Crippen LogP contribution in [0.1, 0.15) is 22.3 Å². The Morgan fingerprint density at radius 1 is 0.550 bits per heavy atom. The first-order valence-electron chi connectivity index (χ1n) is 6.16. The summed E-state index contributed by atoms with van der Waals surface area (Å²) in [6.45, 7) is 0. The minimum absolute atomic E-state index is 0.311. The molecule has 0 N–H and O–H groups in total. The lowest BCUT2D eigenvalue weighted by Gasteiger charge is -2.50. The fourth-order valence-corrected chi connectivity index (χ4v) is 6.99. The first kappa shape index (κ1) is 13.7. The van der Waals surface area contributed by atoms with E-state index in [1.54, 1.807) is 0 Å². The maximum absolute atomic E-state index is 4.00. The van der Waals surface area contributed by atoms with E-state index >= 15 is 0 Å². The molecule has 2 aromatic carbocycles. The Bertz CT molecular complexity index is 664. The summed E-state index contributed by atoms with van der Waals surface area (Å²) in [5.74, 6) is 0. The van der Waals surface area contributed by atoms with Gasteiger partial charge in [0.2, 0.25) is 0 Å². The molecule has 3 aliphatic carbocycles. The van der Waals surface area contributed by atoms with E-state index < -0.39 is 0 Å². The van der Waals surface area contributed by atoms with Crippen molar-refractivity contribution in [2.45, 2.75) is 8.65 Å². The Kier molecular flexibility index (Phi) is 2.96. The third-order valence-corrected chi connectivity index (χ3v) is 10.2. The normalized spacial score (nSPS) is 30.2. The quantitative estimate of drug-likeness (QED) is 0.359. The van der Waals surface area contributed by atoms with Crippen LogP contribution in [-0.2, 0) is 8.65 Å². The Morgan fingerprint density at radius 3 is 1.05 bits per heavy atom. The molecule has 0 nitrogen and oxygen atoms in total. The van der Waals surface area contributed by atoms with Gasteiger partial charge in [0, 0.05) is 8.96 Å². The number of hydrogen-bond acceptors (Lipinski definition) is 0. The molecule has 100 valence electrons. The van der Waals surface area contributed by atoms with Crippen LogP contribution in [0.5, 0.6) is 0 Å². The monoisotopic (exact) mass is 516 g/mol. The van der Waals surface area contributed by atoms with Crippen LogP contribution in [-0.4, -0.2) is 0 Å². The van der Waals surface area contributed by atoms with Crippen molar-refractivity contribution in [3.63, 3.8) is 0 Å². The number of allylic oxidation sites excluding steroid dienone is 2. The van der Waals surface area contributed by atoms with E-state index in [4.69, 9.17) is 0 Å². The number of hydrogen-bond donors (Lipinski definition) is 0. The van der Waals surface area contributed by atoms with Gasteiger partial charge in [-0.2, -0.15) is 0 Å². The first-order valence-corrected chi connectivity index (χ1v) is 9.33. The van der Waals surface area contributed by atoms with Gasteiger partial charge in [0.25, 0.3) is 0 Å². The summed E-state index contributed by atoms with van der Waals surface area (Å²) in [6, 6.07) is 17.1. The molecule has 0 unspecified atom stereocenters. The minimum atomic E-state index is -0.311. The SMILES string of the molecule is BrC1=C(Br)C2(Br)c3ccccc3C1(Br)c1ccccc12. The lowest BCUT2D eigenvalue weighted by Crippen LogP contribution is -2.42. The van der Waals surface area contributed by atoms with Crippen LogP contribution < -0.4 is 0 Å². The Labute approximate surface area is 151 Å². The molecule has 0 saturated carbocycles. The summed E-state index contributed by atoms with van der Waals surface area (Å²) in [6.07, 6.45) is 0. The predicted octanol–water partition coefficient (Wildman–Crippen LogP) is 6.29. The highest BCUT2D eigenvalue weighted by Gasteiger charge is 2.57. The van der Waals surface area contributed by atoms with Crippen molar-refractivity contribution in [3.8, 4) is 0 Å². The summed E-state index contributed by atoms with van der Waals surface area (Å²) < 4.78 is 1.63. The second-order valence-corrected chi connectivity index (χ2v) is 9.00. The molecule has 0 heterocycles. The van der Waals surface area contributed by atoms with Gasteiger partial charge in [0.1, 0.15) is 8.65 Å². The molecule has 0 aromatic heterocycles. The van der Waals surface area contributed by atoms with Gasteiger partial charge in [0.15, 0.2) is 0 Å². The topological polar surface area (TPSA) is 0 Å². The summed E-state index contributed by atoms with van der Waals surface area (Å²) in [5.41, 5.74) is 5.13. The Morgan fingerprint density at radius 2 is 0.800 bits per heavy atom. The van der Waals surface area contributed by atoms with Gasteiger partial charge in [0.05, 0.1) is 0 Å². The van der Waals surface area contributed by atoms with E-state index in [0.29, 0.717) is 0 Å². The molecule has 0 fully saturated rings. The van der Waals surface area contributed by atoms with Crippen LogP contribution in [0, 0.1) is 0 Å². The molecular weight excluding hydrogens is 512 g/mol. The number of halogens is 4. The summed E-state index contributed by atoms with van der Waals surface area (Å²) in [7, 11) is 0. The average molecular weight is 520 g/mol. The van der Waals surface area contributed by atoms with Gasteiger partial charge in [-0.15, -0.1) is 0 Å². The standard InChI is InChI=1S/C16H8Br4/c17-13-14(18)16(20)10-6-2-1-5-9(10)15(13,19)11-7-3-4-8-12(11)16/h1-8H. The molecule has 0 radical (unpaired) electrons. The zero-order chi connectivity index (χ0) is 14.1. The van der Waals surface area contributed by atoms with Crippen LogP contribution >= 0.6 is 63.7 Å². The molecular formula is C16H8Br4. The second-order valence-electron chi connectivity index (χ2n) is 5.04. The second kappa shape index (κ2) is 4.31. The van der Waals surface area contributed by atoms with E-state index in [9.17, 15) is 0 Å². The summed E-state index contributed by atoms with van der Waals surface area (Å²) in [4.78, 5) is 0. The van der Waals surface area contributed by atoms with Crippen LogP contribution in [0.4, 0.5) is 0 Å². The maximum atomic E-state index is 4.00. The van der Waals surface area contributed by atoms with Crippen molar-refractivity contribution >= 4 is 63.7 Å². The number of benzene rings is 2. The molecule has 4 heteroatoms. The van der Waals surface area contributed by atoms with Crippen molar-refractivity contribution in [2.24, 2.45) is 0 Å². The number of alkyl halides is 2. The van der Waals surface area contributed by atoms with Gasteiger partial charge in [-0.05, 0) is 22.3 Å². The lowest BCUT2D eigenvalue weighted by atomic mass is 9.67. The highest BCUT2D eigenvalue weighted by atomic mass is 79.9. The van der Waals surface area contributed by atoms with Crippen molar-refractivity contribution in [1.29, 1.82) is 0 Å². The molecule has 0 spiro atoms. The van der Waals surface area contributed by atoms with E-state index in [0.717, 1.165) is 8.96 Å². The van der Waals surface area contributed by atoms with E-state index in [2.05, 4.69) is 112 Å². The molecule has 20 heavy (non-hydrogen) atoms. The molecule has 0 amide bonds. The van der Waals surface area contributed by atoms with Crippen molar-refractivity contribution in [3.05, 3.63) is 79.7 Å². The average Bonchev–Trinajstić information content (AvgIpc) is 2.50. The number of rotatable bonds is 0. The van der Waals surface area contributed by atoms with Gasteiger partial charge in [-0.25, -0.2) is 0 Å². The molecule has 0 atom stereocenters.